The van der Waals surface area contributed by atoms with Crippen molar-refractivity contribution in [3.8, 4) is 6.07 Å². The van der Waals surface area contributed by atoms with Crippen molar-refractivity contribution in [1.82, 2.24) is 9.80 Å². The van der Waals surface area contributed by atoms with E-state index in [0.29, 0.717) is 25.1 Å². The number of nitriles is 1. The molecule has 2 saturated heterocycles. The van der Waals surface area contributed by atoms with Crippen LogP contribution in [0.5, 0.6) is 0 Å². The molecule has 0 spiro atoms. The average molecular weight is 456 g/mol. The molecule has 3 atom stereocenters. The third kappa shape index (κ3) is 5.42. The van der Waals surface area contributed by atoms with E-state index in [-0.39, 0.29) is 24.3 Å². The fourth-order valence-electron chi connectivity index (χ4n) is 4.16. The summed E-state index contributed by atoms with van der Waals surface area (Å²) in [7, 11) is 0. The van der Waals surface area contributed by atoms with E-state index in [0.717, 1.165) is 0 Å². The number of anilines is 1. The van der Waals surface area contributed by atoms with Gasteiger partial charge in [0.25, 0.3) is 0 Å². The van der Waals surface area contributed by atoms with Gasteiger partial charge >= 0.3 is 12.1 Å². The Morgan fingerprint density at radius 1 is 1.09 bits per heavy atom. The van der Waals surface area contributed by atoms with Crippen molar-refractivity contribution in [2.24, 2.45) is 0 Å². The number of rotatable bonds is 4. The van der Waals surface area contributed by atoms with E-state index in [1.54, 1.807) is 20.8 Å². The zero-order valence-electron chi connectivity index (χ0n) is 18.9. The Balaban J connectivity index is 1.82. The molecule has 1 aromatic carbocycles. The van der Waals surface area contributed by atoms with Crippen LogP contribution in [-0.2, 0) is 14.3 Å². The highest BCUT2D eigenvalue weighted by Gasteiger charge is 2.48. The van der Waals surface area contributed by atoms with Crippen LogP contribution < -0.4 is 5.32 Å². The molecule has 10 heteroatoms. The predicted molar refractivity (Wildman–Crippen MR) is 117 cm³/mol. The molecule has 3 amide bonds. The Labute approximate surface area is 192 Å². The fourth-order valence-corrected chi connectivity index (χ4v) is 4.16. The van der Waals surface area contributed by atoms with Gasteiger partial charge in [-0.3, -0.25) is 14.5 Å². The first-order valence-corrected chi connectivity index (χ1v) is 10.9. The quantitative estimate of drug-likeness (QED) is 0.709. The topological polar surface area (TPSA) is 140 Å². The first kappa shape index (κ1) is 24.0. The van der Waals surface area contributed by atoms with Gasteiger partial charge in [0.05, 0.1) is 11.6 Å². The zero-order valence-corrected chi connectivity index (χ0v) is 18.9. The number of carbonyl (C=O) groups is 4. The lowest BCUT2D eigenvalue weighted by atomic mass is 10.1. The van der Waals surface area contributed by atoms with Gasteiger partial charge in [0.2, 0.25) is 11.8 Å². The van der Waals surface area contributed by atoms with E-state index in [9.17, 15) is 24.4 Å². The molecular formula is C23H28N4O6. The Morgan fingerprint density at radius 3 is 2.30 bits per heavy atom. The van der Waals surface area contributed by atoms with Crippen molar-refractivity contribution in [2.45, 2.75) is 70.2 Å². The predicted octanol–water partition coefficient (Wildman–Crippen LogP) is 2.61. The van der Waals surface area contributed by atoms with Crippen LogP contribution in [-0.4, -0.2) is 69.1 Å². The highest BCUT2D eigenvalue weighted by molar-refractivity contribution is 5.99. The molecular weight excluding hydrogens is 428 g/mol. The molecule has 3 rings (SSSR count). The number of benzene rings is 1. The maximum atomic E-state index is 13.3. The third-order valence-corrected chi connectivity index (χ3v) is 5.66. The number of nitrogens with one attached hydrogen (secondary N) is 1. The highest BCUT2D eigenvalue weighted by atomic mass is 16.6. The Morgan fingerprint density at radius 2 is 1.73 bits per heavy atom. The number of amides is 3. The number of ether oxygens (including phenoxy) is 1. The molecule has 176 valence electrons. The molecule has 2 aliphatic heterocycles. The number of carboxylic acid groups (broad SMARTS) is 1. The molecule has 0 aromatic heterocycles. The van der Waals surface area contributed by atoms with E-state index >= 15 is 0 Å². The number of hydrogen-bond donors (Lipinski definition) is 2. The molecule has 10 nitrogen and oxygen atoms in total. The number of carboxylic acids is 1. The third-order valence-electron chi connectivity index (χ3n) is 5.66. The second kappa shape index (κ2) is 9.48. The summed E-state index contributed by atoms with van der Waals surface area (Å²) >= 11 is 0. The molecule has 0 radical (unpaired) electrons. The molecule has 2 aliphatic rings. The van der Waals surface area contributed by atoms with E-state index in [2.05, 4.69) is 11.4 Å². The van der Waals surface area contributed by atoms with E-state index < -0.39 is 41.7 Å². The van der Waals surface area contributed by atoms with Crippen LogP contribution in [0.1, 0.15) is 56.8 Å². The van der Waals surface area contributed by atoms with E-state index in [4.69, 9.17) is 9.84 Å². The zero-order chi connectivity index (χ0) is 24.3. The molecule has 0 unspecified atom stereocenters. The lowest BCUT2D eigenvalue weighted by Gasteiger charge is -2.33. The summed E-state index contributed by atoms with van der Waals surface area (Å²) in [5.41, 5.74) is -0.385. The monoisotopic (exact) mass is 456 g/mol. The minimum absolute atomic E-state index is 0.0765. The normalized spacial score (nSPS) is 22.5. The Bertz CT molecular complexity index is 978. The van der Waals surface area contributed by atoms with Gasteiger partial charge < -0.3 is 20.1 Å². The lowest BCUT2D eigenvalue weighted by molar-refractivity contribution is -0.137. The number of aromatic carboxylic acids is 1. The smallest absolute Gasteiger partial charge is 0.411 e. The van der Waals surface area contributed by atoms with E-state index in [1.807, 2.05) is 0 Å². The molecule has 0 bridgehead atoms. The first-order valence-electron chi connectivity index (χ1n) is 10.9. The molecule has 1 aromatic rings. The molecule has 2 heterocycles. The van der Waals surface area contributed by atoms with Gasteiger partial charge in [0.1, 0.15) is 23.7 Å². The first-order chi connectivity index (χ1) is 15.5. The van der Waals surface area contributed by atoms with Gasteiger partial charge in [-0.1, -0.05) is 0 Å². The van der Waals surface area contributed by atoms with E-state index in [1.165, 1.54) is 34.1 Å². The highest BCUT2D eigenvalue weighted by Crippen LogP contribution is 2.31. The van der Waals surface area contributed by atoms with Crippen molar-refractivity contribution < 1.29 is 29.0 Å². The maximum Gasteiger partial charge on any atom is 0.411 e. The van der Waals surface area contributed by atoms with Gasteiger partial charge in [0.15, 0.2) is 0 Å². The van der Waals surface area contributed by atoms with Gasteiger partial charge in [-0.15, -0.1) is 0 Å². The SMILES string of the molecule is CC(C)(C)OC(=O)N1[C@@H](C(=O)Nc2ccc(C(=O)O)cc2)CC[C@H]1C(=O)N1CCC[C@H]1C#N. The van der Waals surface area contributed by atoms with Crippen molar-refractivity contribution in [3.05, 3.63) is 29.8 Å². The molecule has 0 saturated carbocycles. The largest absolute Gasteiger partial charge is 0.478 e. The van der Waals surface area contributed by atoms with Gasteiger partial charge in [-0.05, 0) is 70.7 Å². The fraction of sp³-hybridized carbons (Fsp3) is 0.522. The van der Waals surface area contributed by atoms with Gasteiger partial charge in [-0.2, -0.15) is 5.26 Å². The second-order valence-corrected chi connectivity index (χ2v) is 9.19. The number of nitrogens with zero attached hydrogens (tertiary/aromatic N) is 3. The van der Waals surface area contributed by atoms with Gasteiger partial charge in [0, 0.05) is 12.2 Å². The summed E-state index contributed by atoms with van der Waals surface area (Å²) in [5.74, 6) is -1.94. The van der Waals surface area contributed by atoms with Crippen LogP contribution in [0, 0.1) is 11.3 Å². The summed E-state index contributed by atoms with van der Waals surface area (Å²) in [6, 6.07) is 5.37. The summed E-state index contributed by atoms with van der Waals surface area (Å²) in [5, 5.41) is 21.1. The summed E-state index contributed by atoms with van der Waals surface area (Å²) in [4.78, 5) is 53.1. The number of likely N-dealkylation sites (tertiary alicyclic amines) is 2. The maximum absolute atomic E-state index is 13.3. The van der Waals surface area contributed by atoms with Crippen LogP contribution in [0.3, 0.4) is 0 Å². The summed E-state index contributed by atoms with van der Waals surface area (Å²) < 4.78 is 5.50. The van der Waals surface area contributed by atoms with Crippen molar-refractivity contribution in [3.63, 3.8) is 0 Å². The van der Waals surface area contributed by atoms with Crippen LogP contribution in [0.4, 0.5) is 10.5 Å². The Hall–Kier alpha value is -3.61. The molecule has 2 fully saturated rings. The standard InChI is InChI=1S/C23H28N4O6/c1-23(2,3)33-22(32)27-17(19(28)25-15-8-6-14(7-9-15)21(30)31)10-11-18(27)20(29)26-12-4-5-16(26)13-24/h6-9,16-18H,4-5,10-12H2,1-3H3,(H,25,28)(H,30,31)/t16-,17+,18-/m0/s1. The van der Waals surface area contributed by atoms with Crippen molar-refractivity contribution in [1.29, 1.82) is 5.26 Å². The minimum Gasteiger partial charge on any atom is -0.478 e. The number of carbonyl (C=O) groups excluding carboxylic acids is 3. The summed E-state index contributed by atoms with van der Waals surface area (Å²) in [6.45, 7) is 5.53. The van der Waals surface area contributed by atoms with Crippen molar-refractivity contribution >= 4 is 29.6 Å². The average Bonchev–Trinajstić information content (AvgIpc) is 3.39. The van der Waals surface area contributed by atoms with Crippen molar-refractivity contribution in [2.75, 3.05) is 11.9 Å². The number of hydrogen-bond acceptors (Lipinski definition) is 6. The van der Waals surface area contributed by atoms with Crippen LogP contribution in [0.25, 0.3) is 0 Å². The van der Waals surface area contributed by atoms with Crippen LogP contribution >= 0.6 is 0 Å². The van der Waals surface area contributed by atoms with Crippen LogP contribution in [0.2, 0.25) is 0 Å². The molecule has 33 heavy (non-hydrogen) atoms. The Kier molecular flexibility index (Phi) is 6.91. The second-order valence-electron chi connectivity index (χ2n) is 9.19. The lowest BCUT2D eigenvalue weighted by Crippen LogP contribution is -2.54. The molecule has 0 aliphatic carbocycles. The molecule has 2 N–H and O–H groups in total. The van der Waals surface area contributed by atoms with Crippen LogP contribution in [0.15, 0.2) is 24.3 Å². The minimum atomic E-state index is -1.08. The van der Waals surface area contributed by atoms with Gasteiger partial charge in [-0.25, -0.2) is 9.59 Å². The summed E-state index contributed by atoms with van der Waals surface area (Å²) in [6.07, 6.45) is 1.03.